The molecule has 1 amide bonds. The SMILES string of the molecule is O=C(C1CCOCC1)N1CC2(C1)OCc1nc(-c3ccccc3)ncc12. The van der Waals surface area contributed by atoms with Gasteiger partial charge >= 0.3 is 0 Å². The highest BCUT2D eigenvalue weighted by Gasteiger charge is 2.53. The minimum Gasteiger partial charge on any atom is -0.381 e. The first-order valence-electron chi connectivity index (χ1n) is 9.17. The van der Waals surface area contributed by atoms with Crippen LogP contribution in [0.25, 0.3) is 11.4 Å². The highest BCUT2D eigenvalue weighted by Crippen LogP contribution is 2.43. The molecule has 0 saturated carbocycles. The van der Waals surface area contributed by atoms with E-state index in [0.29, 0.717) is 32.9 Å². The van der Waals surface area contributed by atoms with E-state index in [1.807, 2.05) is 41.4 Å². The Morgan fingerprint density at radius 3 is 2.69 bits per heavy atom. The Balaban J connectivity index is 1.33. The molecule has 3 aliphatic heterocycles. The second kappa shape index (κ2) is 6.14. The van der Waals surface area contributed by atoms with Crippen LogP contribution in [0.4, 0.5) is 0 Å². The Morgan fingerprint density at radius 1 is 1.15 bits per heavy atom. The fourth-order valence-electron chi connectivity index (χ4n) is 4.11. The van der Waals surface area contributed by atoms with Gasteiger partial charge in [-0.2, -0.15) is 0 Å². The lowest BCUT2D eigenvalue weighted by Gasteiger charge is -2.48. The van der Waals surface area contributed by atoms with E-state index in [4.69, 9.17) is 14.5 Å². The molecule has 6 heteroatoms. The van der Waals surface area contributed by atoms with E-state index < -0.39 is 5.60 Å². The van der Waals surface area contributed by atoms with Crippen LogP contribution in [0, 0.1) is 5.92 Å². The minimum atomic E-state index is -0.411. The molecule has 0 aliphatic carbocycles. The maximum Gasteiger partial charge on any atom is 0.226 e. The smallest absolute Gasteiger partial charge is 0.226 e. The summed E-state index contributed by atoms with van der Waals surface area (Å²) in [5.41, 5.74) is 2.57. The quantitative estimate of drug-likeness (QED) is 0.829. The van der Waals surface area contributed by atoms with Crippen LogP contribution >= 0.6 is 0 Å². The standard InChI is InChI=1S/C20H21N3O3/c24-19(15-6-8-25-9-7-15)23-12-20(13-23)16-10-21-18(22-17(16)11-26-20)14-4-2-1-3-5-14/h1-5,10,15H,6-9,11-13H2. The zero-order valence-electron chi connectivity index (χ0n) is 14.6. The van der Waals surface area contributed by atoms with Crippen molar-refractivity contribution in [3.63, 3.8) is 0 Å². The molecule has 0 N–H and O–H groups in total. The number of aromatic nitrogens is 2. The van der Waals surface area contributed by atoms with Crippen molar-refractivity contribution >= 4 is 5.91 Å². The molecular weight excluding hydrogens is 330 g/mol. The summed E-state index contributed by atoms with van der Waals surface area (Å²) in [5, 5.41) is 0. The topological polar surface area (TPSA) is 64.5 Å². The molecule has 2 aromatic rings. The van der Waals surface area contributed by atoms with Crippen LogP contribution in [0.2, 0.25) is 0 Å². The lowest BCUT2D eigenvalue weighted by molar-refractivity contribution is -0.174. The van der Waals surface area contributed by atoms with Crippen molar-refractivity contribution < 1.29 is 14.3 Å². The van der Waals surface area contributed by atoms with Gasteiger partial charge in [0, 0.05) is 36.5 Å². The van der Waals surface area contributed by atoms with Crippen LogP contribution < -0.4 is 0 Å². The van der Waals surface area contributed by atoms with Gasteiger partial charge in [0.2, 0.25) is 5.91 Å². The fourth-order valence-corrected chi connectivity index (χ4v) is 4.11. The van der Waals surface area contributed by atoms with Gasteiger partial charge in [0.1, 0.15) is 5.60 Å². The van der Waals surface area contributed by atoms with E-state index in [-0.39, 0.29) is 11.8 Å². The number of benzene rings is 1. The van der Waals surface area contributed by atoms with Crippen molar-refractivity contribution in [3.8, 4) is 11.4 Å². The second-order valence-electron chi connectivity index (χ2n) is 7.28. The molecule has 0 unspecified atom stereocenters. The summed E-state index contributed by atoms with van der Waals surface area (Å²) in [6, 6.07) is 9.95. The summed E-state index contributed by atoms with van der Waals surface area (Å²) in [5.74, 6) is 1.05. The van der Waals surface area contributed by atoms with Gasteiger partial charge in [0.25, 0.3) is 0 Å². The molecule has 1 spiro atoms. The summed E-state index contributed by atoms with van der Waals surface area (Å²) >= 11 is 0. The van der Waals surface area contributed by atoms with E-state index in [2.05, 4.69) is 4.98 Å². The maximum absolute atomic E-state index is 12.7. The van der Waals surface area contributed by atoms with Gasteiger partial charge in [-0.15, -0.1) is 0 Å². The van der Waals surface area contributed by atoms with Crippen LogP contribution in [-0.2, 0) is 26.5 Å². The summed E-state index contributed by atoms with van der Waals surface area (Å²) in [4.78, 5) is 23.8. The van der Waals surface area contributed by atoms with Crippen molar-refractivity contribution in [2.45, 2.75) is 25.0 Å². The van der Waals surface area contributed by atoms with Gasteiger partial charge in [-0.1, -0.05) is 30.3 Å². The van der Waals surface area contributed by atoms with Crippen LogP contribution in [0.5, 0.6) is 0 Å². The molecular formula is C20H21N3O3. The summed E-state index contributed by atoms with van der Waals surface area (Å²) in [6.07, 6.45) is 3.53. The van der Waals surface area contributed by atoms with E-state index in [1.54, 1.807) is 0 Å². The van der Waals surface area contributed by atoms with Crippen LogP contribution in [0.3, 0.4) is 0 Å². The molecule has 1 aromatic heterocycles. The Hall–Kier alpha value is -2.31. The second-order valence-corrected chi connectivity index (χ2v) is 7.28. The van der Waals surface area contributed by atoms with E-state index in [0.717, 1.165) is 35.5 Å². The van der Waals surface area contributed by atoms with Crippen molar-refractivity contribution in [1.82, 2.24) is 14.9 Å². The number of nitrogens with zero attached hydrogens (tertiary/aromatic N) is 3. The van der Waals surface area contributed by atoms with Gasteiger partial charge in [0.05, 0.1) is 25.4 Å². The number of likely N-dealkylation sites (tertiary alicyclic amines) is 1. The van der Waals surface area contributed by atoms with Crippen LogP contribution in [0.1, 0.15) is 24.1 Å². The van der Waals surface area contributed by atoms with E-state index >= 15 is 0 Å². The normalized spacial score (nSPS) is 21.5. The fraction of sp³-hybridized carbons (Fsp3) is 0.450. The van der Waals surface area contributed by atoms with E-state index in [9.17, 15) is 4.79 Å². The number of carbonyl (C=O) groups is 1. The molecule has 3 aliphatic rings. The van der Waals surface area contributed by atoms with Crippen LogP contribution in [-0.4, -0.2) is 47.1 Å². The molecule has 0 radical (unpaired) electrons. The molecule has 5 rings (SSSR count). The highest BCUT2D eigenvalue weighted by atomic mass is 16.5. The van der Waals surface area contributed by atoms with Gasteiger partial charge < -0.3 is 14.4 Å². The zero-order valence-corrected chi connectivity index (χ0v) is 14.6. The lowest BCUT2D eigenvalue weighted by Crippen LogP contribution is -2.62. The number of fused-ring (bicyclic) bond motifs is 2. The highest BCUT2D eigenvalue weighted by molar-refractivity contribution is 5.80. The monoisotopic (exact) mass is 351 g/mol. The molecule has 2 saturated heterocycles. The Morgan fingerprint density at radius 2 is 1.92 bits per heavy atom. The largest absolute Gasteiger partial charge is 0.381 e. The maximum atomic E-state index is 12.7. The lowest BCUT2D eigenvalue weighted by atomic mass is 9.85. The third-order valence-corrected chi connectivity index (χ3v) is 5.65. The summed E-state index contributed by atoms with van der Waals surface area (Å²) in [7, 11) is 0. The molecule has 0 bridgehead atoms. The third-order valence-electron chi connectivity index (χ3n) is 5.65. The Kier molecular flexibility index (Phi) is 3.76. The van der Waals surface area contributed by atoms with Gasteiger partial charge in [-0.3, -0.25) is 4.79 Å². The molecule has 134 valence electrons. The Bertz CT molecular complexity index is 827. The first kappa shape index (κ1) is 15.9. The number of amides is 1. The zero-order chi connectivity index (χ0) is 17.6. The third kappa shape index (κ3) is 2.52. The van der Waals surface area contributed by atoms with Crippen LogP contribution in [0.15, 0.2) is 36.5 Å². The molecule has 1 aromatic carbocycles. The summed E-state index contributed by atoms with van der Waals surface area (Å²) in [6.45, 7) is 3.06. The van der Waals surface area contributed by atoms with Crippen molar-refractivity contribution in [2.75, 3.05) is 26.3 Å². The van der Waals surface area contributed by atoms with Gasteiger partial charge in [0.15, 0.2) is 5.82 Å². The summed E-state index contributed by atoms with van der Waals surface area (Å²) < 4.78 is 11.4. The first-order valence-corrected chi connectivity index (χ1v) is 9.17. The molecule has 26 heavy (non-hydrogen) atoms. The van der Waals surface area contributed by atoms with Gasteiger partial charge in [-0.25, -0.2) is 9.97 Å². The predicted molar refractivity (Wildman–Crippen MR) is 94.1 cm³/mol. The van der Waals surface area contributed by atoms with Crippen molar-refractivity contribution in [2.24, 2.45) is 5.92 Å². The number of rotatable bonds is 2. The first-order chi connectivity index (χ1) is 12.8. The molecule has 4 heterocycles. The van der Waals surface area contributed by atoms with Crippen molar-refractivity contribution in [1.29, 1.82) is 0 Å². The molecule has 6 nitrogen and oxygen atoms in total. The number of hydrogen-bond acceptors (Lipinski definition) is 5. The molecule has 2 fully saturated rings. The minimum absolute atomic E-state index is 0.0960. The van der Waals surface area contributed by atoms with Crippen molar-refractivity contribution in [3.05, 3.63) is 47.8 Å². The Labute approximate surface area is 152 Å². The average molecular weight is 351 g/mol. The number of hydrogen-bond donors (Lipinski definition) is 0. The average Bonchev–Trinajstić information content (AvgIpc) is 3.07. The number of ether oxygens (including phenoxy) is 2. The molecule has 0 atom stereocenters. The van der Waals surface area contributed by atoms with E-state index in [1.165, 1.54) is 0 Å². The predicted octanol–water partition coefficient (Wildman–Crippen LogP) is 2.14. The van der Waals surface area contributed by atoms with Gasteiger partial charge in [-0.05, 0) is 12.8 Å². The number of carbonyl (C=O) groups excluding carboxylic acids is 1.